The molecule has 0 heterocycles. The molecule has 0 aliphatic carbocycles. The number of hydrogen-bond donors (Lipinski definition) is 1. The van der Waals surface area contributed by atoms with E-state index in [1.165, 1.54) is 12.1 Å². The van der Waals surface area contributed by atoms with Crippen LogP contribution in [0.2, 0.25) is 0 Å². The van der Waals surface area contributed by atoms with Gasteiger partial charge in [0.1, 0.15) is 11.6 Å². The van der Waals surface area contributed by atoms with Gasteiger partial charge in [-0.1, -0.05) is 11.6 Å². The molecular formula is C12H15F2N. The molecule has 0 radical (unpaired) electrons. The van der Waals surface area contributed by atoms with E-state index in [0.717, 1.165) is 11.6 Å². The SMILES string of the molecule is CNC(C=C(C)C)c1cc(F)cc(F)c1. The number of nitrogens with one attached hydrogen (secondary N) is 1. The third kappa shape index (κ3) is 3.44. The molecule has 82 valence electrons. The molecule has 0 fully saturated rings. The molecule has 0 amide bonds. The molecule has 3 heteroatoms. The summed E-state index contributed by atoms with van der Waals surface area (Å²) in [5.74, 6) is -1.10. The highest BCUT2D eigenvalue weighted by Gasteiger charge is 2.08. The Morgan fingerprint density at radius 2 is 1.73 bits per heavy atom. The Kier molecular flexibility index (Phi) is 3.97. The summed E-state index contributed by atoms with van der Waals surface area (Å²) >= 11 is 0. The second-order valence-corrected chi connectivity index (χ2v) is 3.71. The van der Waals surface area contributed by atoms with Gasteiger partial charge >= 0.3 is 0 Å². The number of hydrogen-bond acceptors (Lipinski definition) is 1. The number of benzene rings is 1. The molecule has 1 atom stereocenters. The molecule has 0 spiro atoms. The van der Waals surface area contributed by atoms with Crippen molar-refractivity contribution < 1.29 is 8.78 Å². The second-order valence-electron chi connectivity index (χ2n) is 3.71. The summed E-state index contributed by atoms with van der Waals surface area (Å²) in [7, 11) is 1.76. The zero-order valence-electron chi connectivity index (χ0n) is 9.14. The van der Waals surface area contributed by atoms with Gasteiger partial charge in [0.2, 0.25) is 0 Å². The lowest BCUT2D eigenvalue weighted by Gasteiger charge is -2.13. The van der Waals surface area contributed by atoms with Crippen molar-refractivity contribution in [1.82, 2.24) is 5.32 Å². The van der Waals surface area contributed by atoms with E-state index >= 15 is 0 Å². The number of rotatable bonds is 3. The van der Waals surface area contributed by atoms with E-state index < -0.39 is 11.6 Å². The molecular weight excluding hydrogens is 196 g/mol. The van der Waals surface area contributed by atoms with Crippen molar-refractivity contribution in [3.8, 4) is 0 Å². The fraction of sp³-hybridized carbons (Fsp3) is 0.333. The third-order valence-corrected chi connectivity index (χ3v) is 2.06. The minimum atomic E-state index is -0.549. The van der Waals surface area contributed by atoms with Gasteiger partial charge in [0.25, 0.3) is 0 Å². The molecule has 1 aromatic carbocycles. The van der Waals surface area contributed by atoms with Gasteiger partial charge in [0, 0.05) is 6.07 Å². The van der Waals surface area contributed by atoms with Gasteiger partial charge < -0.3 is 5.32 Å². The van der Waals surface area contributed by atoms with Crippen LogP contribution in [0.15, 0.2) is 29.8 Å². The number of allylic oxidation sites excluding steroid dienone is 1. The molecule has 15 heavy (non-hydrogen) atoms. The van der Waals surface area contributed by atoms with Crippen LogP contribution in [0.1, 0.15) is 25.5 Å². The lowest BCUT2D eigenvalue weighted by Crippen LogP contribution is -2.14. The summed E-state index contributed by atoms with van der Waals surface area (Å²) in [6, 6.07) is 3.40. The first-order valence-corrected chi connectivity index (χ1v) is 4.81. The summed E-state index contributed by atoms with van der Waals surface area (Å²) in [6.45, 7) is 3.89. The first-order chi connectivity index (χ1) is 7.02. The van der Waals surface area contributed by atoms with Crippen molar-refractivity contribution in [3.63, 3.8) is 0 Å². The van der Waals surface area contributed by atoms with Crippen molar-refractivity contribution in [1.29, 1.82) is 0 Å². The Morgan fingerprint density at radius 1 is 1.20 bits per heavy atom. The topological polar surface area (TPSA) is 12.0 Å². The molecule has 1 unspecified atom stereocenters. The van der Waals surface area contributed by atoms with Crippen LogP contribution in [0.3, 0.4) is 0 Å². The lowest BCUT2D eigenvalue weighted by molar-refractivity contribution is 0.573. The van der Waals surface area contributed by atoms with E-state index in [-0.39, 0.29) is 6.04 Å². The summed E-state index contributed by atoms with van der Waals surface area (Å²) in [5, 5.41) is 2.99. The highest BCUT2D eigenvalue weighted by atomic mass is 19.1. The monoisotopic (exact) mass is 211 g/mol. The summed E-state index contributed by atoms with van der Waals surface area (Å²) in [5.41, 5.74) is 1.69. The Labute approximate surface area is 88.8 Å². The van der Waals surface area contributed by atoms with E-state index in [4.69, 9.17) is 0 Å². The van der Waals surface area contributed by atoms with Gasteiger partial charge in [0.15, 0.2) is 0 Å². The Morgan fingerprint density at radius 3 is 2.13 bits per heavy atom. The maximum absolute atomic E-state index is 13.0. The van der Waals surface area contributed by atoms with E-state index in [1.807, 2.05) is 19.9 Å². The van der Waals surface area contributed by atoms with Crippen LogP contribution < -0.4 is 5.32 Å². The van der Waals surface area contributed by atoms with Crippen LogP contribution in [0, 0.1) is 11.6 Å². The third-order valence-electron chi connectivity index (χ3n) is 2.06. The highest BCUT2D eigenvalue weighted by molar-refractivity contribution is 5.25. The Balaban J connectivity index is 3.07. The first kappa shape index (κ1) is 11.9. The fourth-order valence-corrected chi connectivity index (χ4v) is 1.43. The first-order valence-electron chi connectivity index (χ1n) is 4.81. The predicted molar refractivity (Wildman–Crippen MR) is 57.6 cm³/mol. The molecule has 0 aliphatic rings. The smallest absolute Gasteiger partial charge is 0.126 e. The number of likely N-dealkylation sites (N-methyl/N-ethyl adjacent to an activating group) is 1. The normalized spacial score (nSPS) is 12.3. The molecule has 1 nitrogen and oxygen atoms in total. The highest BCUT2D eigenvalue weighted by Crippen LogP contribution is 2.18. The molecule has 1 N–H and O–H groups in total. The van der Waals surface area contributed by atoms with Crippen LogP contribution in [-0.2, 0) is 0 Å². The van der Waals surface area contributed by atoms with Gasteiger partial charge in [0.05, 0.1) is 6.04 Å². The molecule has 0 saturated heterocycles. The summed E-state index contributed by atoms with van der Waals surface area (Å²) in [4.78, 5) is 0. The van der Waals surface area contributed by atoms with E-state index in [1.54, 1.807) is 7.05 Å². The lowest BCUT2D eigenvalue weighted by atomic mass is 10.0. The average Bonchev–Trinajstić information content (AvgIpc) is 2.12. The quantitative estimate of drug-likeness (QED) is 0.757. The molecule has 0 bridgehead atoms. The van der Waals surface area contributed by atoms with Crippen molar-refractivity contribution in [2.75, 3.05) is 7.05 Å². The van der Waals surface area contributed by atoms with Crippen LogP contribution >= 0.6 is 0 Å². The maximum atomic E-state index is 13.0. The average molecular weight is 211 g/mol. The fourth-order valence-electron chi connectivity index (χ4n) is 1.43. The van der Waals surface area contributed by atoms with Crippen LogP contribution in [-0.4, -0.2) is 7.05 Å². The second kappa shape index (κ2) is 5.03. The van der Waals surface area contributed by atoms with E-state index in [0.29, 0.717) is 5.56 Å². The Bertz CT molecular complexity index is 348. The van der Waals surface area contributed by atoms with Gasteiger partial charge in [-0.05, 0) is 38.6 Å². The van der Waals surface area contributed by atoms with Gasteiger partial charge in [-0.3, -0.25) is 0 Å². The molecule has 1 rings (SSSR count). The van der Waals surface area contributed by atoms with E-state index in [9.17, 15) is 8.78 Å². The summed E-state index contributed by atoms with van der Waals surface area (Å²) in [6.07, 6.45) is 1.92. The minimum Gasteiger partial charge on any atom is -0.310 e. The minimum absolute atomic E-state index is 0.153. The summed E-state index contributed by atoms with van der Waals surface area (Å²) < 4.78 is 25.9. The van der Waals surface area contributed by atoms with Crippen LogP contribution in [0.4, 0.5) is 8.78 Å². The van der Waals surface area contributed by atoms with Crippen LogP contribution in [0.25, 0.3) is 0 Å². The molecule has 0 aromatic heterocycles. The van der Waals surface area contributed by atoms with Crippen LogP contribution in [0.5, 0.6) is 0 Å². The largest absolute Gasteiger partial charge is 0.310 e. The zero-order chi connectivity index (χ0) is 11.4. The standard InChI is InChI=1S/C12H15F2N/c1-8(2)4-12(15-3)9-5-10(13)7-11(14)6-9/h4-7,12,15H,1-3H3. The van der Waals surface area contributed by atoms with Gasteiger partial charge in [-0.15, -0.1) is 0 Å². The van der Waals surface area contributed by atoms with Crippen molar-refractivity contribution in [2.24, 2.45) is 0 Å². The van der Waals surface area contributed by atoms with Gasteiger partial charge in [-0.25, -0.2) is 8.78 Å². The predicted octanol–water partition coefficient (Wildman–Crippen LogP) is 3.19. The zero-order valence-corrected chi connectivity index (χ0v) is 9.14. The molecule has 0 aliphatic heterocycles. The van der Waals surface area contributed by atoms with Crippen molar-refractivity contribution in [3.05, 3.63) is 47.0 Å². The van der Waals surface area contributed by atoms with E-state index in [2.05, 4.69) is 5.32 Å². The molecule has 1 aromatic rings. The maximum Gasteiger partial charge on any atom is 0.126 e. The van der Waals surface area contributed by atoms with Crippen molar-refractivity contribution in [2.45, 2.75) is 19.9 Å². The molecule has 0 saturated carbocycles. The van der Waals surface area contributed by atoms with Gasteiger partial charge in [-0.2, -0.15) is 0 Å². The Hall–Kier alpha value is -1.22. The number of halogens is 2. The van der Waals surface area contributed by atoms with Crippen molar-refractivity contribution >= 4 is 0 Å².